The summed E-state index contributed by atoms with van der Waals surface area (Å²) in [4.78, 5) is 11.8. The van der Waals surface area contributed by atoms with Crippen molar-refractivity contribution in [3.05, 3.63) is 69.4 Å². The molecule has 0 heterocycles. The second kappa shape index (κ2) is 6.22. The summed E-state index contributed by atoms with van der Waals surface area (Å²) in [6.07, 6.45) is -0.159. The van der Waals surface area contributed by atoms with Crippen molar-refractivity contribution < 1.29 is 18.0 Å². The Morgan fingerprint density at radius 2 is 1.70 bits per heavy atom. The predicted octanol–water partition coefficient (Wildman–Crippen LogP) is 4.22. The minimum absolute atomic E-state index is 0.00677. The maximum atomic E-state index is 13.4. The van der Waals surface area contributed by atoms with Gasteiger partial charge in [0.25, 0.3) is 0 Å². The number of benzene rings is 2. The first-order chi connectivity index (χ1) is 9.44. The van der Waals surface area contributed by atoms with Gasteiger partial charge in [-0.05, 0) is 35.4 Å². The van der Waals surface area contributed by atoms with E-state index < -0.39 is 17.5 Å². The molecule has 0 radical (unpaired) electrons. The number of ketones is 1. The van der Waals surface area contributed by atoms with Gasteiger partial charge < -0.3 is 0 Å². The zero-order chi connectivity index (χ0) is 14.7. The van der Waals surface area contributed by atoms with Crippen LogP contribution in [0.1, 0.15) is 11.1 Å². The standard InChI is InChI=1S/C15H10BrF3O/c16-11-3-9(4-13(18)7-11)5-14(20)6-10-1-2-12(17)8-15(10)19/h1-4,7-8H,5-6H2. The van der Waals surface area contributed by atoms with Crippen LogP contribution in [0, 0.1) is 17.5 Å². The summed E-state index contributed by atoms with van der Waals surface area (Å²) in [6, 6.07) is 7.25. The number of hydrogen-bond acceptors (Lipinski definition) is 1. The van der Waals surface area contributed by atoms with Gasteiger partial charge in [0.15, 0.2) is 0 Å². The summed E-state index contributed by atoms with van der Waals surface area (Å²) in [6.45, 7) is 0. The lowest BCUT2D eigenvalue weighted by molar-refractivity contribution is -0.117. The molecule has 0 fully saturated rings. The zero-order valence-corrected chi connectivity index (χ0v) is 11.9. The van der Waals surface area contributed by atoms with E-state index in [4.69, 9.17) is 0 Å². The minimum Gasteiger partial charge on any atom is -0.299 e. The van der Waals surface area contributed by atoms with Crippen molar-refractivity contribution >= 4 is 21.7 Å². The maximum Gasteiger partial charge on any atom is 0.141 e. The fourth-order valence-electron chi connectivity index (χ4n) is 1.88. The van der Waals surface area contributed by atoms with Gasteiger partial charge in [-0.1, -0.05) is 22.0 Å². The van der Waals surface area contributed by atoms with Gasteiger partial charge in [0.1, 0.15) is 23.2 Å². The van der Waals surface area contributed by atoms with Crippen molar-refractivity contribution in [2.75, 3.05) is 0 Å². The van der Waals surface area contributed by atoms with E-state index in [2.05, 4.69) is 15.9 Å². The average Bonchev–Trinajstić information content (AvgIpc) is 2.31. The second-order valence-electron chi connectivity index (χ2n) is 4.41. The van der Waals surface area contributed by atoms with Crippen LogP contribution in [0.5, 0.6) is 0 Å². The molecule has 0 aliphatic heterocycles. The Bertz CT molecular complexity index is 635. The number of Topliss-reactive ketones (excluding diaryl/α,β-unsaturated/α-hetero) is 1. The molecule has 0 amide bonds. The van der Waals surface area contributed by atoms with E-state index in [1.807, 2.05) is 0 Å². The third kappa shape index (κ3) is 3.93. The molecule has 0 aliphatic carbocycles. The highest BCUT2D eigenvalue weighted by molar-refractivity contribution is 9.10. The highest BCUT2D eigenvalue weighted by Gasteiger charge is 2.11. The van der Waals surface area contributed by atoms with E-state index in [0.29, 0.717) is 10.0 Å². The number of rotatable bonds is 4. The number of carbonyl (C=O) groups is 1. The van der Waals surface area contributed by atoms with Gasteiger partial charge in [-0.2, -0.15) is 0 Å². The molecule has 0 aliphatic rings. The normalized spacial score (nSPS) is 10.6. The fraction of sp³-hybridized carbons (Fsp3) is 0.133. The molecule has 0 atom stereocenters. The number of carbonyl (C=O) groups excluding carboxylic acids is 1. The minimum atomic E-state index is -0.751. The van der Waals surface area contributed by atoms with E-state index >= 15 is 0 Å². The van der Waals surface area contributed by atoms with E-state index in [9.17, 15) is 18.0 Å². The highest BCUT2D eigenvalue weighted by Crippen LogP contribution is 2.17. The van der Waals surface area contributed by atoms with Crippen LogP contribution < -0.4 is 0 Å². The lowest BCUT2D eigenvalue weighted by Crippen LogP contribution is -2.08. The van der Waals surface area contributed by atoms with E-state index in [0.717, 1.165) is 12.1 Å². The summed E-state index contributed by atoms with van der Waals surface area (Å²) in [5, 5.41) is 0. The molecule has 2 aromatic rings. The van der Waals surface area contributed by atoms with Crippen LogP contribution in [0.15, 0.2) is 40.9 Å². The molecule has 0 bridgehead atoms. The van der Waals surface area contributed by atoms with Crippen molar-refractivity contribution in [3.8, 4) is 0 Å². The van der Waals surface area contributed by atoms with Gasteiger partial charge >= 0.3 is 0 Å². The molecule has 1 nitrogen and oxygen atoms in total. The summed E-state index contributed by atoms with van der Waals surface area (Å²) < 4.78 is 39.9. The van der Waals surface area contributed by atoms with Crippen LogP contribution >= 0.6 is 15.9 Å². The highest BCUT2D eigenvalue weighted by atomic mass is 79.9. The molecule has 0 saturated carbocycles. The van der Waals surface area contributed by atoms with E-state index in [1.54, 1.807) is 6.07 Å². The molecular formula is C15H10BrF3O. The Balaban J connectivity index is 2.09. The van der Waals surface area contributed by atoms with Crippen molar-refractivity contribution in [1.29, 1.82) is 0 Å². The van der Waals surface area contributed by atoms with Crippen LogP contribution in [-0.4, -0.2) is 5.78 Å². The second-order valence-corrected chi connectivity index (χ2v) is 5.32. The summed E-state index contributed by atoms with van der Waals surface area (Å²) in [5.74, 6) is -2.16. The number of halogens is 4. The van der Waals surface area contributed by atoms with Crippen molar-refractivity contribution in [2.45, 2.75) is 12.8 Å². The van der Waals surface area contributed by atoms with Crippen molar-refractivity contribution in [1.82, 2.24) is 0 Å². The predicted molar refractivity (Wildman–Crippen MR) is 72.9 cm³/mol. The molecule has 0 N–H and O–H groups in total. The lowest BCUT2D eigenvalue weighted by Gasteiger charge is -2.04. The summed E-state index contributed by atoms with van der Waals surface area (Å²) in [5.41, 5.74) is 0.635. The van der Waals surface area contributed by atoms with Gasteiger partial charge in [-0.3, -0.25) is 4.79 Å². The van der Waals surface area contributed by atoms with Crippen LogP contribution in [0.25, 0.3) is 0 Å². The molecular weight excluding hydrogens is 333 g/mol. The lowest BCUT2D eigenvalue weighted by atomic mass is 10.0. The topological polar surface area (TPSA) is 17.1 Å². The van der Waals surface area contributed by atoms with Gasteiger partial charge in [0.2, 0.25) is 0 Å². The first-order valence-corrected chi connectivity index (χ1v) is 6.64. The first kappa shape index (κ1) is 14.8. The van der Waals surface area contributed by atoms with Crippen molar-refractivity contribution in [3.63, 3.8) is 0 Å². The van der Waals surface area contributed by atoms with Crippen LogP contribution in [0.3, 0.4) is 0 Å². The summed E-state index contributed by atoms with van der Waals surface area (Å²) in [7, 11) is 0. The molecule has 2 rings (SSSR count). The third-order valence-electron chi connectivity index (χ3n) is 2.73. The molecule has 0 unspecified atom stereocenters. The third-order valence-corrected chi connectivity index (χ3v) is 3.18. The molecule has 104 valence electrons. The average molecular weight is 343 g/mol. The Morgan fingerprint density at radius 3 is 2.35 bits per heavy atom. The van der Waals surface area contributed by atoms with Gasteiger partial charge in [-0.15, -0.1) is 0 Å². The van der Waals surface area contributed by atoms with Gasteiger partial charge in [0, 0.05) is 23.4 Å². The van der Waals surface area contributed by atoms with Crippen LogP contribution in [0.4, 0.5) is 13.2 Å². The SMILES string of the molecule is O=C(Cc1cc(F)cc(Br)c1)Cc1ccc(F)cc1F. The van der Waals surface area contributed by atoms with Crippen molar-refractivity contribution in [2.24, 2.45) is 0 Å². The molecule has 2 aromatic carbocycles. The van der Waals surface area contributed by atoms with Crippen LogP contribution in [0.2, 0.25) is 0 Å². The smallest absolute Gasteiger partial charge is 0.141 e. The molecule has 0 aromatic heterocycles. The maximum absolute atomic E-state index is 13.4. The number of hydrogen-bond donors (Lipinski definition) is 0. The first-order valence-electron chi connectivity index (χ1n) is 5.84. The monoisotopic (exact) mass is 342 g/mol. The Morgan fingerprint density at radius 1 is 0.950 bits per heavy atom. The Labute approximate surface area is 122 Å². The Hall–Kier alpha value is -1.62. The molecule has 20 heavy (non-hydrogen) atoms. The zero-order valence-electron chi connectivity index (χ0n) is 10.3. The van der Waals surface area contributed by atoms with Gasteiger partial charge in [-0.25, -0.2) is 13.2 Å². The van der Waals surface area contributed by atoms with E-state index in [-0.39, 0.29) is 24.2 Å². The molecule has 0 spiro atoms. The van der Waals surface area contributed by atoms with Gasteiger partial charge in [0.05, 0.1) is 0 Å². The van der Waals surface area contributed by atoms with E-state index in [1.165, 1.54) is 18.2 Å². The quantitative estimate of drug-likeness (QED) is 0.812. The Kier molecular flexibility index (Phi) is 4.60. The molecule has 5 heteroatoms. The fourth-order valence-corrected chi connectivity index (χ4v) is 2.39. The molecule has 0 saturated heterocycles. The van der Waals surface area contributed by atoms with Crippen LogP contribution in [-0.2, 0) is 17.6 Å². The summed E-state index contributed by atoms with van der Waals surface area (Å²) >= 11 is 3.14. The largest absolute Gasteiger partial charge is 0.299 e.